The summed E-state index contributed by atoms with van der Waals surface area (Å²) in [6, 6.07) is 11.9. The van der Waals surface area contributed by atoms with Gasteiger partial charge in [0, 0.05) is 17.1 Å². The number of fused-ring (bicyclic) bond motifs is 1. The summed E-state index contributed by atoms with van der Waals surface area (Å²) in [4.78, 5) is 13.1. The zero-order valence-corrected chi connectivity index (χ0v) is 19.7. The first-order valence-corrected chi connectivity index (χ1v) is 12.2. The molecule has 2 unspecified atom stereocenters. The summed E-state index contributed by atoms with van der Waals surface area (Å²) in [5.41, 5.74) is 2.56. The van der Waals surface area contributed by atoms with E-state index < -0.39 is 24.2 Å². The molecule has 9 heteroatoms. The van der Waals surface area contributed by atoms with Crippen molar-refractivity contribution in [3.8, 4) is 0 Å². The number of rotatable bonds is 4. The van der Waals surface area contributed by atoms with Gasteiger partial charge in [-0.05, 0) is 54.2 Å². The zero-order valence-electron chi connectivity index (χ0n) is 19.0. The second kappa shape index (κ2) is 9.57. The maximum Gasteiger partial charge on any atom is 0.410 e. The van der Waals surface area contributed by atoms with Crippen LogP contribution in [0.3, 0.4) is 0 Å². The van der Waals surface area contributed by atoms with Crippen molar-refractivity contribution in [3.63, 3.8) is 0 Å². The van der Waals surface area contributed by atoms with Crippen molar-refractivity contribution in [2.45, 2.75) is 62.7 Å². The molecule has 1 fully saturated rings. The molecule has 5 rings (SSSR count). The topological polar surface area (TPSA) is 59.0 Å². The van der Waals surface area contributed by atoms with E-state index in [9.17, 15) is 18.0 Å². The van der Waals surface area contributed by atoms with Crippen molar-refractivity contribution in [2.24, 2.45) is 0 Å². The molecule has 2 aliphatic rings. The van der Waals surface area contributed by atoms with E-state index in [1.807, 2.05) is 24.3 Å². The summed E-state index contributed by atoms with van der Waals surface area (Å²) in [5, 5.41) is 10.3. The van der Waals surface area contributed by atoms with Crippen molar-refractivity contribution in [2.75, 3.05) is 10.6 Å². The number of hydrogen-bond donors (Lipinski definition) is 2. The predicted octanol–water partition coefficient (Wildman–Crippen LogP) is 7.50. The van der Waals surface area contributed by atoms with Gasteiger partial charge in [0.25, 0.3) is 5.91 Å². The monoisotopic (exact) mass is 502 g/mol. The first kappa shape index (κ1) is 23.7. The largest absolute Gasteiger partial charge is 0.410 e. The lowest BCUT2D eigenvalue weighted by Gasteiger charge is -2.34. The Kier molecular flexibility index (Phi) is 6.49. The van der Waals surface area contributed by atoms with Crippen LogP contribution in [0.5, 0.6) is 0 Å². The SMILES string of the molecule is O=C(Nc1ccc(C2CCCCC2)cc1)c1cnn2c1NC(c1ccc(Cl)cc1)CC2C(F)(F)F. The van der Waals surface area contributed by atoms with E-state index in [1.165, 1.54) is 43.9 Å². The smallest absolute Gasteiger partial charge is 0.363 e. The summed E-state index contributed by atoms with van der Waals surface area (Å²) in [7, 11) is 0. The molecule has 0 radical (unpaired) electrons. The molecule has 2 N–H and O–H groups in total. The van der Waals surface area contributed by atoms with Gasteiger partial charge < -0.3 is 10.6 Å². The van der Waals surface area contributed by atoms with Crippen molar-refractivity contribution in [1.29, 1.82) is 0 Å². The van der Waals surface area contributed by atoms with Crippen LogP contribution in [-0.4, -0.2) is 21.9 Å². The fourth-order valence-corrected chi connectivity index (χ4v) is 5.24. The van der Waals surface area contributed by atoms with Crippen molar-refractivity contribution in [1.82, 2.24) is 9.78 Å². The van der Waals surface area contributed by atoms with Crippen LogP contribution in [0.2, 0.25) is 5.02 Å². The Hall–Kier alpha value is -3.00. The van der Waals surface area contributed by atoms with Crippen LogP contribution in [-0.2, 0) is 0 Å². The molecule has 1 aliphatic carbocycles. The third-order valence-electron chi connectivity index (χ3n) is 7.00. The van der Waals surface area contributed by atoms with Crippen molar-refractivity contribution < 1.29 is 18.0 Å². The Morgan fingerprint density at radius 1 is 1.00 bits per heavy atom. The first-order chi connectivity index (χ1) is 16.8. The molecule has 3 aromatic rings. The molecule has 1 aromatic heterocycles. The van der Waals surface area contributed by atoms with E-state index in [0.29, 0.717) is 22.2 Å². The van der Waals surface area contributed by atoms with Crippen LogP contribution < -0.4 is 10.6 Å². The number of carbonyl (C=O) groups excluding carboxylic acids is 1. The lowest BCUT2D eigenvalue weighted by molar-refractivity contribution is -0.173. The fourth-order valence-electron chi connectivity index (χ4n) is 5.12. The molecule has 0 bridgehead atoms. The lowest BCUT2D eigenvalue weighted by atomic mass is 9.84. The lowest BCUT2D eigenvalue weighted by Crippen LogP contribution is -2.36. The highest BCUT2D eigenvalue weighted by atomic mass is 35.5. The van der Waals surface area contributed by atoms with E-state index in [0.717, 1.165) is 4.68 Å². The highest BCUT2D eigenvalue weighted by Crippen LogP contribution is 2.44. The average Bonchev–Trinajstić information content (AvgIpc) is 3.28. The molecule has 2 atom stereocenters. The van der Waals surface area contributed by atoms with Crippen LogP contribution in [0.15, 0.2) is 54.7 Å². The number of halogens is 4. The first-order valence-electron chi connectivity index (χ1n) is 11.9. The molecule has 2 heterocycles. The van der Waals surface area contributed by atoms with Gasteiger partial charge in [0.15, 0.2) is 6.04 Å². The minimum atomic E-state index is -4.52. The Morgan fingerprint density at radius 3 is 2.31 bits per heavy atom. The van der Waals surface area contributed by atoms with E-state index in [-0.39, 0.29) is 17.8 Å². The van der Waals surface area contributed by atoms with Gasteiger partial charge in [0.1, 0.15) is 11.4 Å². The Balaban J connectivity index is 1.38. The quantitative estimate of drug-likeness (QED) is 0.388. The third-order valence-corrected chi connectivity index (χ3v) is 7.25. The molecule has 5 nitrogen and oxygen atoms in total. The number of carbonyl (C=O) groups is 1. The van der Waals surface area contributed by atoms with Crippen LogP contribution in [0.4, 0.5) is 24.7 Å². The second-order valence-electron chi connectivity index (χ2n) is 9.30. The van der Waals surface area contributed by atoms with Crippen LogP contribution in [0.25, 0.3) is 0 Å². The van der Waals surface area contributed by atoms with E-state index in [1.54, 1.807) is 24.3 Å². The third kappa shape index (κ3) is 5.03. The highest BCUT2D eigenvalue weighted by molar-refractivity contribution is 6.30. The molecule has 35 heavy (non-hydrogen) atoms. The van der Waals surface area contributed by atoms with E-state index in [4.69, 9.17) is 11.6 Å². The van der Waals surface area contributed by atoms with Gasteiger partial charge in [-0.15, -0.1) is 0 Å². The number of aromatic nitrogens is 2. The minimum Gasteiger partial charge on any atom is -0.363 e. The van der Waals surface area contributed by atoms with Crippen molar-refractivity contribution in [3.05, 3.63) is 76.4 Å². The van der Waals surface area contributed by atoms with Gasteiger partial charge in [0.05, 0.1) is 12.2 Å². The molecule has 184 valence electrons. The van der Waals surface area contributed by atoms with Gasteiger partial charge in [-0.1, -0.05) is 55.1 Å². The van der Waals surface area contributed by atoms with Gasteiger partial charge >= 0.3 is 6.18 Å². The molecule has 0 spiro atoms. The minimum absolute atomic E-state index is 0.0508. The second-order valence-corrected chi connectivity index (χ2v) is 9.74. The highest BCUT2D eigenvalue weighted by Gasteiger charge is 2.47. The molecular weight excluding hydrogens is 477 g/mol. The number of hydrogen-bond acceptors (Lipinski definition) is 3. The van der Waals surface area contributed by atoms with Gasteiger partial charge in [-0.3, -0.25) is 4.79 Å². The standard InChI is InChI=1S/C26H26ClF3N4O/c27-19-10-6-18(7-11-19)22-14-23(26(28,29)30)34-24(33-22)21(15-31-34)25(35)32-20-12-8-17(9-13-20)16-4-2-1-3-5-16/h6-13,15-16,22-23,33H,1-5,14H2,(H,32,35). The maximum atomic E-state index is 13.9. The Bertz CT molecular complexity index is 1180. The summed E-state index contributed by atoms with van der Waals surface area (Å²) in [6.07, 6.45) is 2.53. The molecular formula is C26H26ClF3N4O. The van der Waals surface area contributed by atoms with Gasteiger partial charge in [0.2, 0.25) is 0 Å². The summed E-state index contributed by atoms with van der Waals surface area (Å²) in [5.74, 6) is 0.0844. The van der Waals surface area contributed by atoms with E-state index >= 15 is 0 Å². The number of alkyl halides is 3. The maximum absolute atomic E-state index is 13.9. The number of amides is 1. The Labute approximate surface area is 206 Å². The molecule has 1 aliphatic heterocycles. The number of nitrogens with zero attached hydrogens (tertiary/aromatic N) is 2. The van der Waals surface area contributed by atoms with Crippen LogP contribution in [0, 0.1) is 0 Å². The number of benzene rings is 2. The molecule has 1 saturated carbocycles. The summed E-state index contributed by atoms with van der Waals surface area (Å²) >= 11 is 5.95. The molecule has 0 saturated heterocycles. The fraction of sp³-hybridized carbons (Fsp3) is 0.385. The summed E-state index contributed by atoms with van der Waals surface area (Å²) in [6.45, 7) is 0. The van der Waals surface area contributed by atoms with Gasteiger partial charge in [-0.2, -0.15) is 18.3 Å². The molecule has 2 aromatic carbocycles. The number of anilines is 2. The van der Waals surface area contributed by atoms with Crippen molar-refractivity contribution >= 4 is 29.0 Å². The average molecular weight is 503 g/mol. The van der Waals surface area contributed by atoms with Crippen LogP contribution >= 0.6 is 11.6 Å². The van der Waals surface area contributed by atoms with E-state index in [2.05, 4.69) is 15.7 Å². The zero-order chi connectivity index (χ0) is 24.6. The molecule has 1 amide bonds. The Morgan fingerprint density at radius 2 is 1.66 bits per heavy atom. The van der Waals surface area contributed by atoms with Crippen LogP contribution in [0.1, 0.15) is 78.0 Å². The number of nitrogens with one attached hydrogen (secondary N) is 2. The normalized spacial score (nSPS) is 20.7. The van der Waals surface area contributed by atoms with Gasteiger partial charge in [-0.25, -0.2) is 4.68 Å². The predicted molar refractivity (Wildman–Crippen MR) is 130 cm³/mol. The summed E-state index contributed by atoms with van der Waals surface area (Å²) < 4.78 is 42.6.